The van der Waals surface area contributed by atoms with E-state index in [2.05, 4.69) is 9.47 Å². The van der Waals surface area contributed by atoms with Crippen LogP contribution in [0, 0.1) is 0 Å². The summed E-state index contributed by atoms with van der Waals surface area (Å²) in [7, 11) is 2.76. The summed E-state index contributed by atoms with van der Waals surface area (Å²) in [6.07, 6.45) is 3.65. The maximum Gasteiger partial charge on any atom is 0.340 e. The van der Waals surface area contributed by atoms with Gasteiger partial charge in [0.25, 0.3) is 0 Å². The van der Waals surface area contributed by atoms with E-state index >= 15 is 0 Å². The molecule has 2 atom stereocenters. The molecule has 1 aliphatic heterocycles. The van der Waals surface area contributed by atoms with Gasteiger partial charge in [0.2, 0.25) is 0 Å². The molecule has 0 aromatic carbocycles. The molecule has 20 heavy (non-hydrogen) atoms. The van der Waals surface area contributed by atoms with Gasteiger partial charge in [0.15, 0.2) is 5.60 Å². The van der Waals surface area contributed by atoms with Gasteiger partial charge in [0.05, 0.1) is 20.3 Å². The molecule has 5 nitrogen and oxygen atoms in total. The highest BCUT2D eigenvalue weighted by Crippen LogP contribution is 2.38. The second-order valence-corrected chi connectivity index (χ2v) is 4.40. The number of carbonyl (C=O) groups is 2. The third kappa shape index (κ3) is 5.74. The Hall–Kier alpha value is -1.36. The number of esters is 2. The lowest BCUT2D eigenvalue weighted by molar-refractivity contribution is -0.146. The van der Waals surface area contributed by atoms with E-state index in [0.29, 0.717) is 5.57 Å². The van der Waals surface area contributed by atoms with Crippen LogP contribution in [0.5, 0.6) is 0 Å². The van der Waals surface area contributed by atoms with Gasteiger partial charge >= 0.3 is 11.9 Å². The Labute approximate surface area is 122 Å². The molecule has 0 spiro atoms. The van der Waals surface area contributed by atoms with Crippen molar-refractivity contribution < 1.29 is 23.8 Å². The topological polar surface area (TPSA) is 65.1 Å². The lowest BCUT2D eigenvalue weighted by atomic mass is 10.1. The van der Waals surface area contributed by atoms with Crippen molar-refractivity contribution in [2.45, 2.75) is 59.7 Å². The molecule has 2 unspecified atom stereocenters. The van der Waals surface area contributed by atoms with Crippen molar-refractivity contribution >= 4 is 11.9 Å². The zero-order valence-corrected chi connectivity index (χ0v) is 12.6. The molecule has 0 aliphatic carbocycles. The van der Waals surface area contributed by atoms with E-state index < -0.39 is 5.60 Å². The van der Waals surface area contributed by atoms with Crippen LogP contribution >= 0.6 is 0 Å². The monoisotopic (exact) mass is 288 g/mol. The number of allylic oxidation sites excluding steroid dienone is 1. The number of rotatable bonds is 4. The summed E-state index contributed by atoms with van der Waals surface area (Å²) in [6.45, 7) is 7.47. The molecule has 0 saturated carbocycles. The summed E-state index contributed by atoms with van der Waals surface area (Å²) >= 11 is 0. The highest BCUT2D eigenvalue weighted by atomic mass is 16.7. The van der Waals surface area contributed by atoms with E-state index in [1.165, 1.54) is 14.2 Å². The van der Waals surface area contributed by atoms with Crippen molar-refractivity contribution in [1.29, 1.82) is 0 Å². The summed E-state index contributed by atoms with van der Waals surface area (Å²) in [5.74, 6) is -0.504. The Morgan fingerprint density at radius 1 is 1.25 bits per heavy atom. The third-order valence-electron chi connectivity index (χ3n) is 2.92. The van der Waals surface area contributed by atoms with Gasteiger partial charge < -0.3 is 14.2 Å². The Bertz CT molecular complexity index is 348. The van der Waals surface area contributed by atoms with Gasteiger partial charge in [-0.2, -0.15) is 0 Å². The third-order valence-corrected chi connectivity index (χ3v) is 2.92. The van der Waals surface area contributed by atoms with Crippen molar-refractivity contribution in [3.63, 3.8) is 0 Å². The minimum Gasteiger partial charge on any atom is -0.467 e. The zero-order valence-electron chi connectivity index (χ0n) is 12.6. The molecule has 1 aliphatic rings. The molecule has 1 saturated heterocycles. The van der Waals surface area contributed by atoms with Crippen molar-refractivity contribution in [1.82, 2.24) is 0 Å². The van der Waals surface area contributed by atoms with Gasteiger partial charge in [-0.1, -0.05) is 27.4 Å². The van der Waals surface area contributed by atoms with Crippen molar-refractivity contribution in [2.75, 3.05) is 14.2 Å². The first-order chi connectivity index (χ1) is 8.87. The molecule has 1 rings (SSSR count). The average molecular weight is 288 g/mol. The van der Waals surface area contributed by atoms with Crippen molar-refractivity contribution in [2.24, 2.45) is 0 Å². The largest absolute Gasteiger partial charge is 0.467 e. The molecular formula is C15H28O5. The number of ether oxygens (including phenoxy) is 3. The first-order valence-corrected chi connectivity index (χ1v) is 6.38. The molecule has 1 fully saturated rings. The van der Waals surface area contributed by atoms with Crippen LogP contribution in [0.3, 0.4) is 0 Å². The normalized spacial score (nSPS) is 23.7. The summed E-state index contributed by atoms with van der Waals surface area (Å²) < 4.78 is 14.1. The second-order valence-electron chi connectivity index (χ2n) is 4.40. The summed E-state index contributed by atoms with van der Waals surface area (Å²) in [4.78, 5) is 21.5. The fourth-order valence-electron chi connectivity index (χ4n) is 1.67. The molecule has 5 heteroatoms. The van der Waals surface area contributed by atoms with E-state index in [0.717, 1.165) is 12.8 Å². The number of methoxy groups -OCH3 is 2. The van der Waals surface area contributed by atoms with E-state index in [-0.39, 0.29) is 25.5 Å². The fourth-order valence-corrected chi connectivity index (χ4v) is 1.67. The quantitative estimate of drug-likeness (QED) is 0.452. The van der Waals surface area contributed by atoms with Crippen LogP contribution in [0.4, 0.5) is 0 Å². The molecule has 1 heterocycles. The van der Waals surface area contributed by atoms with E-state index in [1.807, 2.05) is 19.9 Å². The first-order valence-electron chi connectivity index (χ1n) is 6.38. The number of epoxide rings is 1. The van der Waals surface area contributed by atoms with E-state index in [4.69, 9.17) is 4.74 Å². The summed E-state index contributed by atoms with van der Waals surface area (Å²) in [5, 5.41) is 0. The van der Waals surface area contributed by atoms with Crippen molar-refractivity contribution in [3.8, 4) is 0 Å². The predicted octanol–water partition coefficient (Wildman–Crippen LogP) is 2.88. The fraction of sp³-hybridized carbons (Fsp3) is 0.733. The highest BCUT2D eigenvalue weighted by Gasteiger charge is 2.58. The highest BCUT2D eigenvalue weighted by molar-refractivity contribution is 5.87. The lowest BCUT2D eigenvalue weighted by Crippen LogP contribution is -2.24. The summed E-state index contributed by atoms with van der Waals surface area (Å²) in [5.41, 5.74) is 0.0451. The van der Waals surface area contributed by atoms with Gasteiger partial charge in [-0.15, -0.1) is 0 Å². The van der Waals surface area contributed by atoms with Crippen LogP contribution < -0.4 is 0 Å². The molecular weight excluding hydrogens is 260 g/mol. The number of hydrogen-bond donors (Lipinski definition) is 0. The predicted molar refractivity (Wildman–Crippen MR) is 78.4 cm³/mol. The lowest BCUT2D eigenvalue weighted by Gasteiger charge is -2.00. The average Bonchev–Trinajstić information content (AvgIpc) is 3.10. The maximum absolute atomic E-state index is 10.9. The van der Waals surface area contributed by atoms with Gasteiger partial charge in [-0.3, -0.25) is 0 Å². The zero-order chi connectivity index (χ0) is 15.1. The molecule has 118 valence electrons. The van der Waals surface area contributed by atoms with Crippen LogP contribution in [-0.4, -0.2) is 37.9 Å². The Morgan fingerprint density at radius 2 is 1.80 bits per heavy atom. The van der Waals surface area contributed by atoms with Crippen LogP contribution in [-0.2, 0) is 23.8 Å². The van der Waals surface area contributed by atoms with Crippen LogP contribution in [0.15, 0.2) is 11.6 Å². The standard InChI is InChI=1S/C7H12O3.C7H12O2.CH4/c1-4-5-7(2,10-5)6(8)9-3;1-4-5-6(2)7(8)9-3;/h5H,4H2,1-3H3;5H,4H2,1-3H3;1H4/b;6-5+;. The van der Waals surface area contributed by atoms with Crippen LogP contribution in [0.25, 0.3) is 0 Å². The number of carbonyl (C=O) groups excluding carboxylic acids is 2. The maximum atomic E-state index is 10.9. The molecule has 0 aromatic heterocycles. The molecule has 0 amide bonds. The SMILES string of the molecule is C.CC/C=C(\C)C(=O)OC.CCC1OC1(C)C(=O)OC. The van der Waals surface area contributed by atoms with E-state index in [1.54, 1.807) is 13.8 Å². The molecule has 0 bridgehead atoms. The van der Waals surface area contributed by atoms with Crippen molar-refractivity contribution in [3.05, 3.63) is 11.6 Å². The van der Waals surface area contributed by atoms with Gasteiger partial charge in [0, 0.05) is 5.57 Å². The number of hydrogen-bond acceptors (Lipinski definition) is 5. The summed E-state index contributed by atoms with van der Waals surface area (Å²) in [6, 6.07) is 0. The second kappa shape index (κ2) is 9.53. The van der Waals surface area contributed by atoms with E-state index in [9.17, 15) is 9.59 Å². The Kier molecular flexibility index (Phi) is 9.98. The van der Waals surface area contributed by atoms with Crippen LogP contribution in [0.1, 0.15) is 48.0 Å². The Morgan fingerprint density at radius 3 is 2.10 bits per heavy atom. The minimum atomic E-state index is -0.635. The smallest absolute Gasteiger partial charge is 0.340 e. The Balaban J connectivity index is 0. The first kappa shape index (κ1) is 20.9. The van der Waals surface area contributed by atoms with Crippen LogP contribution in [0.2, 0.25) is 0 Å². The molecule has 0 aromatic rings. The molecule has 0 radical (unpaired) electrons. The minimum absolute atomic E-state index is 0. The van der Waals surface area contributed by atoms with Gasteiger partial charge in [-0.05, 0) is 26.7 Å². The van der Waals surface area contributed by atoms with Gasteiger partial charge in [0.1, 0.15) is 0 Å². The van der Waals surface area contributed by atoms with Gasteiger partial charge in [-0.25, -0.2) is 9.59 Å². The molecule has 0 N–H and O–H groups in total.